The van der Waals surface area contributed by atoms with Crippen LogP contribution < -0.4 is 0 Å². The smallest absolute Gasteiger partial charge is 0.246 e. The van der Waals surface area contributed by atoms with Crippen LogP contribution in [0.15, 0.2) is 78.9 Å². The zero-order valence-electron chi connectivity index (χ0n) is 17.4. The average Bonchev–Trinajstić information content (AvgIpc) is 2.81. The molecule has 6 heteroatoms. The van der Waals surface area contributed by atoms with Crippen LogP contribution in [0.1, 0.15) is 22.7 Å². The minimum absolute atomic E-state index is 0.0419. The summed E-state index contributed by atoms with van der Waals surface area (Å²) in [6.07, 6.45) is 3.36. The lowest BCUT2D eigenvalue weighted by atomic mass is 9.96. The van der Waals surface area contributed by atoms with E-state index >= 15 is 0 Å². The number of piperazine rings is 1. The molecule has 32 heavy (non-hydrogen) atoms. The minimum atomic E-state index is -0.297. The van der Waals surface area contributed by atoms with E-state index in [-0.39, 0.29) is 23.6 Å². The predicted octanol–water partition coefficient (Wildman–Crippen LogP) is 5.57. The summed E-state index contributed by atoms with van der Waals surface area (Å²) in [4.78, 5) is 16.7. The molecule has 3 nitrogen and oxygen atoms in total. The van der Waals surface area contributed by atoms with Gasteiger partial charge in [0.2, 0.25) is 5.91 Å². The molecule has 0 spiro atoms. The molecule has 0 N–H and O–H groups in total. The maximum Gasteiger partial charge on any atom is 0.246 e. The summed E-state index contributed by atoms with van der Waals surface area (Å²) in [5.41, 5.74) is 2.77. The second-order valence-electron chi connectivity index (χ2n) is 7.75. The first-order chi connectivity index (χ1) is 15.5. The van der Waals surface area contributed by atoms with Crippen molar-refractivity contribution in [1.82, 2.24) is 9.80 Å². The molecule has 0 atom stereocenters. The van der Waals surface area contributed by atoms with Gasteiger partial charge in [-0.3, -0.25) is 9.69 Å². The van der Waals surface area contributed by atoms with Gasteiger partial charge in [-0.2, -0.15) is 0 Å². The van der Waals surface area contributed by atoms with Crippen molar-refractivity contribution in [2.75, 3.05) is 26.2 Å². The number of nitrogens with zero attached hydrogens (tertiary/aromatic N) is 2. The molecule has 0 aromatic heterocycles. The fourth-order valence-electron chi connectivity index (χ4n) is 3.95. The Balaban J connectivity index is 1.46. The highest BCUT2D eigenvalue weighted by Gasteiger charge is 2.27. The number of hydrogen-bond acceptors (Lipinski definition) is 2. The van der Waals surface area contributed by atoms with Crippen LogP contribution >= 0.6 is 11.6 Å². The average molecular weight is 453 g/mol. The third-order valence-electron chi connectivity index (χ3n) is 5.65. The normalized spacial score (nSPS) is 14.9. The van der Waals surface area contributed by atoms with Crippen LogP contribution in [0.25, 0.3) is 6.08 Å². The highest BCUT2D eigenvalue weighted by atomic mass is 35.5. The van der Waals surface area contributed by atoms with Crippen LogP contribution in [0.2, 0.25) is 5.02 Å². The number of benzene rings is 3. The van der Waals surface area contributed by atoms with Gasteiger partial charge in [-0.1, -0.05) is 48.0 Å². The zero-order chi connectivity index (χ0) is 22.5. The summed E-state index contributed by atoms with van der Waals surface area (Å²) in [6, 6.07) is 19.9. The number of rotatable bonds is 5. The third-order valence-corrected chi connectivity index (χ3v) is 5.90. The molecule has 0 bridgehead atoms. The Hall–Kier alpha value is -3.02. The molecular formula is C26H23ClF2N2O. The van der Waals surface area contributed by atoms with E-state index in [0.717, 1.165) is 16.7 Å². The molecule has 1 aliphatic rings. The molecule has 1 heterocycles. The van der Waals surface area contributed by atoms with Gasteiger partial charge in [0.1, 0.15) is 11.6 Å². The summed E-state index contributed by atoms with van der Waals surface area (Å²) < 4.78 is 27.0. The van der Waals surface area contributed by atoms with Gasteiger partial charge in [0.15, 0.2) is 0 Å². The maximum absolute atomic E-state index is 13.5. The quantitative estimate of drug-likeness (QED) is 0.473. The van der Waals surface area contributed by atoms with Crippen LogP contribution in [0, 0.1) is 11.6 Å². The zero-order valence-corrected chi connectivity index (χ0v) is 18.2. The SMILES string of the molecule is O=C(/C=C/c1ccc(Cl)cc1)N1CCN(C(c2ccc(F)cc2)c2ccc(F)cc2)CC1. The Kier molecular flexibility index (Phi) is 6.98. The van der Waals surface area contributed by atoms with Crippen molar-refractivity contribution in [3.8, 4) is 0 Å². The standard InChI is InChI=1S/C26H23ClF2N2O/c27-22-8-1-19(2-9-22)3-14-25(32)30-15-17-31(18-16-30)26(20-4-10-23(28)11-5-20)21-6-12-24(29)13-7-21/h1-14,26H,15-18H2/b14-3+. The second kappa shape index (κ2) is 10.1. The highest BCUT2D eigenvalue weighted by molar-refractivity contribution is 6.30. The van der Waals surface area contributed by atoms with Crippen LogP contribution in [0.3, 0.4) is 0 Å². The number of carbonyl (C=O) groups excluding carboxylic acids is 1. The molecule has 0 saturated carbocycles. The number of hydrogen-bond donors (Lipinski definition) is 0. The van der Waals surface area contributed by atoms with Gasteiger partial charge in [-0.05, 0) is 59.2 Å². The van der Waals surface area contributed by atoms with Crippen molar-refractivity contribution >= 4 is 23.6 Å². The summed E-state index contributed by atoms with van der Waals surface area (Å²) in [7, 11) is 0. The Bertz CT molecular complexity index is 1030. The Morgan fingerprint density at radius 1 is 0.781 bits per heavy atom. The van der Waals surface area contributed by atoms with Crippen molar-refractivity contribution in [1.29, 1.82) is 0 Å². The first kappa shape index (κ1) is 22.2. The monoisotopic (exact) mass is 452 g/mol. The molecule has 3 aromatic carbocycles. The molecule has 0 radical (unpaired) electrons. The van der Waals surface area contributed by atoms with Gasteiger partial charge in [0, 0.05) is 37.3 Å². The largest absolute Gasteiger partial charge is 0.337 e. The maximum atomic E-state index is 13.5. The van der Waals surface area contributed by atoms with Gasteiger partial charge < -0.3 is 4.90 Å². The fourth-order valence-corrected chi connectivity index (χ4v) is 4.08. The number of carbonyl (C=O) groups is 1. The lowest BCUT2D eigenvalue weighted by Crippen LogP contribution is -2.49. The van der Waals surface area contributed by atoms with E-state index < -0.39 is 0 Å². The molecule has 3 aromatic rings. The Morgan fingerprint density at radius 3 is 1.78 bits per heavy atom. The van der Waals surface area contributed by atoms with Crippen LogP contribution in [0.5, 0.6) is 0 Å². The highest BCUT2D eigenvalue weighted by Crippen LogP contribution is 2.30. The van der Waals surface area contributed by atoms with Crippen molar-refractivity contribution in [3.05, 3.63) is 112 Å². The molecule has 1 saturated heterocycles. The van der Waals surface area contributed by atoms with E-state index in [1.54, 1.807) is 48.6 Å². The molecule has 0 unspecified atom stereocenters. The van der Waals surface area contributed by atoms with E-state index in [1.807, 2.05) is 17.0 Å². The van der Waals surface area contributed by atoms with E-state index in [0.29, 0.717) is 31.2 Å². The van der Waals surface area contributed by atoms with Gasteiger partial charge >= 0.3 is 0 Å². The Labute approximate surface area is 191 Å². The topological polar surface area (TPSA) is 23.6 Å². The molecule has 1 fully saturated rings. The summed E-state index contributed by atoms with van der Waals surface area (Å²) in [5.74, 6) is -0.635. The van der Waals surface area contributed by atoms with Crippen molar-refractivity contribution in [2.45, 2.75) is 6.04 Å². The van der Waals surface area contributed by atoms with Crippen molar-refractivity contribution in [3.63, 3.8) is 0 Å². The van der Waals surface area contributed by atoms with Crippen LogP contribution in [0.4, 0.5) is 8.78 Å². The van der Waals surface area contributed by atoms with E-state index in [2.05, 4.69) is 4.90 Å². The van der Waals surface area contributed by atoms with Gasteiger partial charge in [0.25, 0.3) is 0 Å². The van der Waals surface area contributed by atoms with E-state index in [1.165, 1.54) is 24.3 Å². The molecule has 1 amide bonds. The molecule has 1 aliphatic heterocycles. The van der Waals surface area contributed by atoms with E-state index in [9.17, 15) is 13.6 Å². The van der Waals surface area contributed by atoms with Crippen LogP contribution in [-0.2, 0) is 4.79 Å². The second-order valence-corrected chi connectivity index (χ2v) is 8.19. The number of amides is 1. The lowest BCUT2D eigenvalue weighted by Gasteiger charge is -2.39. The van der Waals surface area contributed by atoms with Gasteiger partial charge in [-0.15, -0.1) is 0 Å². The summed E-state index contributed by atoms with van der Waals surface area (Å²) in [5, 5.41) is 0.654. The summed E-state index contributed by atoms with van der Waals surface area (Å²) >= 11 is 5.90. The molecule has 0 aliphatic carbocycles. The van der Waals surface area contributed by atoms with Gasteiger partial charge in [0.05, 0.1) is 6.04 Å². The summed E-state index contributed by atoms with van der Waals surface area (Å²) in [6.45, 7) is 2.45. The first-order valence-corrected chi connectivity index (χ1v) is 10.8. The Morgan fingerprint density at radius 2 is 1.28 bits per heavy atom. The van der Waals surface area contributed by atoms with Gasteiger partial charge in [-0.25, -0.2) is 8.78 Å². The lowest BCUT2D eigenvalue weighted by molar-refractivity contribution is -0.127. The third kappa shape index (κ3) is 5.42. The predicted molar refractivity (Wildman–Crippen MR) is 123 cm³/mol. The first-order valence-electron chi connectivity index (χ1n) is 10.5. The molecule has 4 rings (SSSR count). The van der Waals surface area contributed by atoms with Crippen LogP contribution in [-0.4, -0.2) is 41.9 Å². The van der Waals surface area contributed by atoms with Crippen molar-refractivity contribution in [2.24, 2.45) is 0 Å². The van der Waals surface area contributed by atoms with Crippen molar-refractivity contribution < 1.29 is 13.6 Å². The fraction of sp³-hybridized carbons (Fsp3) is 0.192. The molecular weight excluding hydrogens is 430 g/mol. The minimum Gasteiger partial charge on any atom is -0.337 e. The van der Waals surface area contributed by atoms with E-state index in [4.69, 9.17) is 11.6 Å². The molecule has 164 valence electrons. The number of halogens is 3.